The van der Waals surface area contributed by atoms with Crippen LogP contribution in [0.2, 0.25) is 0 Å². The predicted octanol–water partition coefficient (Wildman–Crippen LogP) is 2.18. The third-order valence-corrected chi connectivity index (χ3v) is 7.46. The van der Waals surface area contributed by atoms with Crippen molar-refractivity contribution >= 4 is 32.7 Å². The van der Waals surface area contributed by atoms with Crippen molar-refractivity contribution in [3.8, 4) is 5.75 Å². The lowest BCUT2D eigenvalue weighted by Gasteiger charge is -2.30. The van der Waals surface area contributed by atoms with E-state index in [0.717, 1.165) is 0 Å². The molecule has 1 aliphatic rings. The van der Waals surface area contributed by atoms with Gasteiger partial charge in [-0.3, -0.25) is 9.36 Å². The highest BCUT2D eigenvalue weighted by molar-refractivity contribution is 7.89. The number of nitrogens with one attached hydrogen (secondary N) is 1. The Hall–Kier alpha value is -3.11. The third-order valence-electron chi connectivity index (χ3n) is 5.56. The first-order chi connectivity index (χ1) is 14.8. The molecule has 1 fully saturated rings. The number of methoxy groups -OCH3 is 1. The summed E-state index contributed by atoms with van der Waals surface area (Å²) in [7, 11) is -0.645. The van der Waals surface area contributed by atoms with Crippen LogP contribution in [-0.2, 0) is 21.9 Å². The fourth-order valence-electron chi connectivity index (χ4n) is 3.73. The number of ether oxygens (including phenoxy) is 1. The Kier molecular flexibility index (Phi) is 5.59. The number of fused-ring (bicyclic) bond motifs is 1. The van der Waals surface area contributed by atoms with Gasteiger partial charge in [-0.15, -0.1) is 0 Å². The molecule has 10 heteroatoms. The van der Waals surface area contributed by atoms with Crippen molar-refractivity contribution in [3.05, 3.63) is 53.0 Å². The molecule has 3 aromatic rings. The zero-order chi connectivity index (χ0) is 22.2. The van der Waals surface area contributed by atoms with E-state index in [1.807, 2.05) is 0 Å². The molecule has 9 nitrogen and oxygen atoms in total. The molecular formula is C21H23N3O6S. The van der Waals surface area contributed by atoms with Crippen LogP contribution < -0.4 is 15.8 Å². The number of hydrogen-bond donors (Lipinski definition) is 1. The van der Waals surface area contributed by atoms with Gasteiger partial charge in [-0.25, -0.2) is 13.2 Å². The highest BCUT2D eigenvalue weighted by Gasteiger charge is 2.32. The Bertz CT molecular complexity index is 1290. The van der Waals surface area contributed by atoms with E-state index < -0.39 is 15.8 Å². The highest BCUT2D eigenvalue weighted by Crippen LogP contribution is 2.27. The van der Waals surface area contributed by atoms with Gasteiger partial charge in [-0.2, -0.15) is 4.31 Å². The van der Waals surface area contributed by atoms with Crippen LogP contribution in [0.3, 0.4) is 0 Å². The average molecular weight is 445 g/mol. The molecule has 0 saturated carbocycles. The summed E-state index contributed by atoms with van der Waals surface area (Å²) in [6.45, 7) is 0.463. The summed E-state index contributed by atoms with van der Waals surface area (Å²) >= 11 is 0. The van der Waals surface area contributed by atoms with E-state index in [9.17, 15) is 18.0 Å². The second-order valence-electron chi connectivity index (χ2n) is 7.46. The normalized spacial score (nSPS) is 15.8. The lowest BCUT2D eigenvalue weighted by molar-refractivity contribution is -0.120. The molecule has 31 heavy (non-hydrogen) atoms. The molecule has 2 aromatic carbocycles. The van der Waals surface area contributed by atoms with Gasteiger partial charge >= 0.3 is 5.76 Å². The van der Waals surface area contributed by atoms with Crippen molar-refractivity contribution in [2.75, 3.05) is 25.5 Å². The van der Waals surface area contributed by atoms with Gasteiger partial charge in [0.1, 0.15) is 5.75 Å². The monoisotopic (exact) mass is 445 g/mol. The summed E-state index contributed by atoms with van der Waals surface area (Å²) in [5.74, 6) is -0.331. The van der Waals surface area contributed by atoms with E-state index in [1.54, 1.807) is 44.5 Å². The van der Waals surface area contributed by atoms with E-state index in [4.69, 9.17) is 9.15 Å². The minimum absolute atomic E-state index is 0.0635. The van der Waals surface area contributed by atoms with Crippen LogP contribution in [0.25, 0.3) is 11.1 Å². The maximum Gasteiger partial charge on any atom is 0.419 e. The van der Waals surface area contributed by atoms with Crippen molar-refractivity contribution in [1.82, 2.24) is 8.87 Å². The van der Waals surface area contributed by atoms with Gasteiger partial charge in [0.05, 0.1) is 17.5 Å². The Morgan fingerprint density at radius 1 is 1.16 bits per heavy atom. The molecule has 1 aliphatic heterocycles. The first-order valence-corrected chi connectivity index (χ1v) is 11.3. The van der Waals surface area contributed by atoms with Gasteiger partial charge in [0.2, 0.25) is 15.9 Å². The smallest absolute Gasteiger partial charge is 0.419 e. The molecule has 1 N–H and O–H groups in total. The van der Waals surface area contributed by atoms with Gasteiger partial charge in [-0.05, 0) is 37.1 Å². The van der Waals surface area contributed by atoms with Gasteiger partial charge in [0.25, 0.3) is 0 Å². The van der Waals surface area contributed by atoms with Crippen molar-refractivity contribution < 1.29 is 22.4 Å². The van der Waals surface area contributed by atoms with Crippen molar-refractivity contribution in [1.29, 1.82) is 0 Å². The minimum atomic E-state index is -3.76. The van der Waals surface area contributed by atoms with Crippen LogP contribution in [0.15, 0.2) is 56.6 Å². The molecule has 0 unspecified atom stereocenters. The lowest BCUT2D eigenvalue weighted by Crippen LogP contribution is -2.41. The second kappa shape index (κ2) is 8.20. The van der Waals surface area contributed by atoms with E-state index in [2.05, 4.69) is 5.32 Å². The van der Waals surface area contributed by atoms with Crippen molar-refractivity contribution in [2.24, 2.45) is 13.0 Å². The summed E-state index contributed by atoms with van der Waals surface area (Å²) in [6.07, 6.45) is 0.829. The number of piperidine rings is 1. The number of carbonyl (C=O) groups is 1. The van der Waals surface area contributed by atoms with Gasteiger partial charge < -0.3 is 14.5 Å². The first kappa shape index (κ1) is 21.1. The lowest BCUT2D eigenvalue weighted by atomic mass is 9.97. The summed E-state index contributed by atoms with van der Waals surface area (Å²) in [4.78, 5) is 24.3. The number of rotatable bonds is 5. The Labute approximate surface area is 179 Å². The summed E-state index contributed by atoms with van der Waals surface area (Å²) in [6, 6.07) is 11.5. The average Bonchev–Trinajstić information content (AvgIpc) is 3.07. The third kappa shape index (κ3) is 4.08. The maximum atomic E-state index is 13.0. The zero-order valence-corrected chi connectivity index (χ0v) is 18.0. The van der Waals surface area contributed by atoms with E-state index in [1.165, 1.54) is 21.0 Å². The standard InChI is InChI=1S/C21H23N3O6S/c1-23-18-7-6-17(13-19(18)30-21(23)26)31(27,28)24-10-8-14(9-11-24)20(25)22-15-4-3-5-16(12-15)29-2/h3-7,12-14H,8-11H2,1-2H3,(H,22,25). The van der Waals surface area contributed by atoms with Crippen LogP contribution in [0.1, 0.15) is 12.8 Å². The fourth-order valence-corrected chi connectivity index (χ4v) is 5.21. The number of carbonyl (C=O) groups excluding carboxylic acids is 1. The number of hydrogen-bond acceptors (Lipinski definition) is 6. The summed E-state index contributed by atoms with van der Waals surface area (Å²) < 4.78 is 39.0. The molecule has 0 atom stereocenters. The Balaban J connectivity index is 1.44. The van der Waals surface area contributed by atoms with Crippen LogP contribution in [0.5, 0.6) is 5.75 Å². The molecule has 0 bridgehead atoms. The molecule has 1 aromatic heterocycles. The topological polar surface area (TPSA) is 111 Å². The number of aryl methyl sites for hydroxylation is 1. The molecule has 1 saturated heterocycles. The molecule has 4 rings (SSSR count). The number of aromatic nitrogens is 1. The molecular weight excluding hydrogens is 422 g/mol. The second-order valence-corrected chi connectivity index (χ2v) is 9.39. The molecule has 0 aliphatic carbocycles. The quantitative estimate of drug-likeness (QED) is 0.644. The van der Waals surface area contributed by atoms with Crippen LogP contribution in [0, 0.1) is 5.92 Å². The Morgan fingerprint density at radius 2 is 1.90 bits per heavy atom. The first-order valence-electron chi connectivity index (χ1n) is 9.84. The number of nitrogens with zero attached hydrogens (tertiary/aromatic N) is 2. The van der Waals surface area contributed by atoms with E-state index >= 15 is 0 Å². The number of oxazole rings is 1. The number of amides is 1. The minimum Gasteiger partial charge on any atom is -0.497 e. The van der Waals surface area contributed by atoms with Crippen LogP contribution in [0.4, 0.5) is 5.69 Å². The van der Waals surface area contributed by atoms with Crippen molar-refractivity contribution in [2.45, 2.75) is 17.7 Å². The molecule has 0 spiro atoms. The largest absolute Gasteiger partial charge is 0.497 e. The molecule has 164 valence electrons. The van der Waals surface area contributed by atoms with Crippen molar-refractivity contribution in [3.63, 3.8) is 0 Å². The zero-order valence-electron chi connectivity index (χ0n) is 17.2. The van der Waals surface area contributed by atoms with Crippen LogP contribution >= 0.6 is 0 Å². The molecule has 1 amide bonds. The summed E-state index contributed by atoms with van der Waals surface area (Å²) in [5.41, 5.74) is 1.38. The predicted molar refractivity (Wildman–Crippen MR) is 115 cm³/mol. The maximum absolute atomic E-state index is 13.0. The van der Waals surface area contributed by atoms with Crippen LogP contribution in [-0.4, -0.2) is 43.4 Å². The number of sulfonamides is 1. The fraction of sp³-hybridized carbons (Fsp3) is 0.333. The molecule has 0 radical (unpaired) electrons. The summed E-state index contributed by atoms with van der Waals surface area (Å²) in [5, 5.41) is 2.87. The van der Waals surface area contributed by atoms with E-state index in [-0.39, 0.29) is 35.4 Å². The highest BCUT2D eigenvalue weighted by atomic mass is 32.2. The number of anilines is 1. The molecule has 2 heterocycles. The number of benzene rings is 2. The van der Waals surface area contributed by atoms with E-state index in [0.29, 0.717) is 29.8 Å². The van der Waals surface area contributed by atoms with Gasteiger partial charge in [-0.1, -0.05) is 6.07 Å². The Morgan fingerprint density at radius 3 is 2.61 bits per heavy atom. The van der Waals surface area contributed by atoms with Gasteiger partial charge in [0, 0.05) is 43.9 Å². The SMILES string of the molecule is COc1cccc(NC(=O)C2CCN(S(=O)(=O)c3ccc4c(c3)oc(=O)n4C)CC2)c1. The van der Waals surface area contributed by atoms with Gasteiger partial charge in [0.15, 0.2) is 5.58 Å².